The lowest BCUT2D eigenvalue weighted by Gasteiger charge is -2.33. The minimum Gasteiger partial charge on any atom is -0.342 e. The van der Waals surface area contributed by atoms with Crippen LogP contribution in [0.5, 0.6) is 0 Å². The van der Waals surface area contributed by atoms with E-state index in [0.717, 1.165) is 44.9 Å². The molecule has 2 heterocycles. The molecule has 3 rings (SSSR count). The molecule has 3 fully saturated rings. The van der Waals surface area contributed by atoms with E-state index in [2.05, 4.69) is 10.2 Å². The Labute approximate surface area is 135 Å². The van der Waals surface area contributed by atoms with Crippen molar-refractivity contribution in [1.29, 1.82) is 0 Å². The van der Waals surface area contributed by atoms with Crippen LogP contribution in [0.1, 0.15) is 64.2 Å². The summed E-state index contributed by atoms with van der Waals surface area (Å²) in [7, 11) is 0. The summed E-state index contributed by atoms with van der Waals surface area (Å²) in [5.41, 5.74) is 0.464. The molecule has 2 saturated heterocycles. The first-order valence-corrected chi connectivity index (χ1v) is 8.76. The molecule has 0 atom stereocenters. The molecule has 0 aromatic heterocycles. The number of amides is 1. The smallest absolute Gasteiger partial charge is 0.222 e. The zero-order valence-corrected chi connectivity index (χ0v) is 14.1. The number of hydrogen-bond donors (Lipinski definition) is 1. The van der Waals surface area contributed by atoms with Crippen molar-refractivity contribution in [3.05, 3.63) is 0 Å². The Morgan fingerprint density at radius 3 is 2.52 bits per heavy atom. The van der Waals surface area contributed by atoms with Gasteiger partial charge in [-0.25, -0.2) is 0 Å². The minimum atomic E-state index is 0. The van der Waals surface area contributed by atoms with Crippen LogP contribution >= 0.6 is 12.4 Å². The van der Waals surface area contributed by atoms with Gasteiger partial charge in [0.25, 0.3) is 0 Å². The number of halogens is 1. The molecule has 3 aliphatic rings. The number of carbonyl (C=O) groups excluding carboxylic acids is 1. The number of rotatable bonds is 3. The van der Waals surface area contributed by atoms with Gasteiger partial charge in [0.1, 0.15) is 0 Å². The third-order valence-corrected chi connectivity index (χ3v) is 5.95. The van der Waals surface area contributed by atoms with Crippen molar-refractivity contribution >= 4 is 18.3 Å². The van der Waals surface area contributed by atoms with Crippen LogP contribution in [0.3, 0.4) is 0 Å². The normalized spacial score (nSPS) is 25.8. The lowest BCUT2D eigenvalue weighted by molar-refractivity contribution is -0.131. The Morgan fingerprint density at radius 2 is 1.81 bits per heavy atom. The van der Waals surface area contributed by atoms with E-state index < -0.39 is 0 Å². The average molecular weight is 315 g/mol. The van der Waals surface area contributed by atoms with Crippen LogP contribution in [0.15, 0.2) is 0 Å². The van der Waals surface area contributed by atoms with Crippen molar-refractivity contribution in [2.45, 2.75) is 64.2 Å². The first-order valence-electron chi connectivity index (χ1n) is 8.76. The van der Waals surface area contributed by atoms with E-state index in [1.807, 2.05) is 0 Å². The van der Waals surface area contributed by atoms with Crippen LogP contribution in [-0.4, -0.2) is 37.0 Å². The summed E-state index contributed by atoms with van der Waals surface area (Å²) >= 11 is 0. The minimum absolute atomic E-state index is 0. The van der Waals surface area contributed by atoms with Gasteiger partial charge >= 0.3 is 0 Å². The van der Waals surface area contributed by atoms with Gasteiger partial charge in [-0.3, -0.25) is 4.79 Å². The summed E-state index contributed by atoms with van der Waals surface area (Å²) in [5, 5.41) is 3.44. The molecule has 21 heavy (non-hydrogen) atoms. The number of hydrogen-bond acceptors (Lipinski definition) is 2. The molecule has 3 nitrogen and oxygen atoms in total. The number of carbonyl (C=O) groups is 1. The van der Waals surface area contributed by atoms with E-state index in [0.29, 0.717) is 11.3 Å². The standard InChI is InChI=1S/C17H30N2O.ClH/c20-16(7-6-15-4-2-1-3-5-15)19-13-10-17(14-19)8-11-18-12-9-17;/h15,18H,1-14H2;1H. The second kappa shape index (κ2) is 7.82. The molecule has 1 amide bonds. The molecule has 0 aromatic carbocycles. The average Bonchev–Trinajstić information content (AvgIpc) is 2.90. The Kier molecular flexibility index (Phi) is 6.36. The number of likely N-dealkylation sites (tertiary alicyclic amines) is 1. The van der Waals surface area contributed by atoms with Gasteiger partial charge in [0, 0.05) is 19.5 Å². The fraction of sp³-hybridized carbons (Fsp3) is 0.941. The monoisotopic (exact) mass is 314 g/mol. The van der Waals surface area contributed by atoms with Crippen molar-refractivity contribution in [3.63, 3.8) is 0 Å². The van der Waals surface area contributed by atoms with Crippen LogP contribution < -0.4 is 5.32 Å². The molecule has 1 saturated carbocycles. The molecule has 2 aliphatic heterocycles. The second-order valence-electron chi connectivity index (χ2n) is 7.36. The third kappa shape index (κ3) is 4.35. The molecule has 122 valence electrons. The van der Waals surface area contributed by atoms with E-state index in [-0.39, 0.29) is 12.4 Å². The van der Waals surface area contributed by atoms with Crippen LogP contribution in [-0.2, 0) is 4.79 Å². The lowest BCUT2D eigenvalue weighted by Crippen LogP contribution is -2.39. The zero-order valence-electron chi connectivity index (χ0n) is 13.2. The van der Waals surface area contributed by atoms with Gasteiger partial charge in [-0.05, 0) is 50.1 Å². The highest BCUT2D eigenvalue weighted by Gasteiger charge is 2.40. The molecule has 1 spiro atoms. The van der Waals surface area contributed by atoms with Crippen LogP contribution in [0, 0.1) is 11.3 Å². The second-order valence-corrected chi connectivity index (χ2v) is 7.36. The van der Waals surface area contributed by atoms with Crippen LogP contribution in [0.2, 0.25) is 0 Å². The molecule has 0 unspecified atom stereocenters. The highest BCUT2D eigenvalue weighted by molar-refractivity contribution is 5.85. The maximum Gasteiger partial charge on any atom is 0.222 e. The van der Waals surface area contributed by atoms with Gasteiger partial charge in [-0.2, -0.15) is 0 Å². The van der Waals surface area contributed by atoms with E-state index in [9.17, 15) is 4.79 Å². The quantitative estimate of drug-likeness (QED) is 0.866. The van der Waals surface area contributed by atoms with Crippen molar-refractivity contribution in [2.24, 2.45) is 11.3 Å². The predicted octanol–water partition coefficient (Wildman–Crippen LogP) is 3.37. The maximum absolute atomic E-state index is 12.4. The third-order valence-electron chi connectivity index (χ3n) is 5.95. The Balaban J connectivity index is 0.00000161. The van der Waals surface area contributed by atoms with Crippen LogP contribution in [0.25, 0.3) is 0 Å². The van der Waals surface area contributed by atoms with Crippen molar-refractivity contribution in [1.82, 2.24) is 10.2 Å². The molecule has 1 aliphatic carbocycles. The topological polar surface area (TPSA) is 32.3 Å². The van der Waals surface area contributed by atoms with Gasteiger partial charge in [0.05, 0.1) is 0 Å². The Bertz CT molecular complexity index is 336. The first-order chi connectivity index (χ1) is 9.77. The lowest BCUT2D eigenvalue weighted by atomic mass is 9.78. The zero-order chi connectivity index (χ0) is 13.8. The van der Waals surface area contributed by atoms with Crippen molar-refractivity contribution in [3.8, 4) is 0 Å². The summed E-state index contributed by atoms with van der Waals surface area (Å²) in [5.74, 6) is 1.27. The Hall–Kier alpha value is -0.280. The highest BCUT2D eigenvalue weighted by atomic mass is 35.5. The first kappa shape index (κ1) is 17.1. The van der Waals surface area contributed by atoms with Gasteiger partial charge < -0.3 is 10.2 Å². The van der Waals surface area contributed by atoms with Gasteiger partial charge in [0.15, 0.2) is 0 Å². The molecule has 0 bridgehead atoms. The molecule has 4 heteroatoms. The number of nitrogens with one attached hydrogen (secondary N) is 1. The van der Waals surface area contributed by atoms with Gasteiger partial charge in [-0.15, -0.1) is 12.4 Å². The van der Waals surface area contributed by atoms with E-state index in [1.54, 1.807) is 0 Å². The van der Waals surface area contributed by atoms with Crippen LogP contribution in [0.4, 0.5) is 0 Å². The molecular weight excluding hydrogens is 284 g/mol. The predicted molar refractivity (Wildman–Crippen MR) is 88.8 cm³/mol. The van der Waals surface area contributed by atoms with E-state index >= 15 is 0 Å². The van der Waals surface area contributed by atoms with Gasteiger partial charge in [0.2, 0.25) is 5.91 Å². The maximum atomic E-state index is 12.4. The van der Waals surface area contributed by atoms with E-state index in [4.69, 9.17) is 0 Å². The summed E-state index contributed by atoms with van der Waals surface area (Å²) in [4.78, 5) is 14.6. The fourth-order valence-corrected chi connectivity index (χ4v) is 4.47. The summed E-state index contributed by atoms with van der Waals surface area (Å²) < 4.78 is 0. The number of piperidine rings is 1. The van der Waals surface area contributed by atoms with Crippen molar-refractivity contribution in [2.75, 3.05) is 26.2 Å². The highest BCUT2D eigenvalue weighted by Crippen LogP contribution is 2.39. The summed E-state index contributed by atoms with van der Waals surface area (Å²) in [6.45, 7) is 4.34. The van der Waals surface area contributed by atoms with Gasteiger partial charge in [-0.1, -0.05) is 32.1 Å². The SMILES string of the molecule is Cl.O=C(CCC1CCCCC1)N1CCC2(CCNCC2)C1. The summed E-state index contributed by atoms with van der Waals surface area (Å²) in [6.07, 6.45) is 12.6. The fourth-order valence-electron chi connectivity index (χ4n) is 4.47. The summed E-state index contributed by atoms with van der Waals surface area (Å²) in [6, 6.07) is 0. The Morgan fingerprint density at radius 1 is 1.10 bits per heavy atom. The number of nitrogens with zero attached hydrogens (tertiary/aromatic N) is 1. The molecule has 0 radical (unpaired) electrons. The molecule has 1 N–H and O–H groups in total. The molecular formula is C17H31ClN2O. The van der Waals surface area contributed by atoms with E-state index in [1.165, 1.54) is 51.4 Å². The van der Waals surface area contributed by atoms with Crippen molar-refractivity contribution < 1.29 is 4.79 Å². The largest absolute Gasteiger partial charge is 0.342 e. The molecule has 0 aromatic rings.